The van der Waals surface area contributed by atoms with Gasteiger partial charge in [-0.1, -0.05) is 0 Å². The van der Waals surface area contributed by atoms with E-state index in [2.05, 4.69) is 20.1 Å². The van der Waals surface area contributed by atoms with E-state index in [0.717, 1.165) is 20.7 Å². The number of fused-ring (bicyclic) bond motifs is 3. The first-order valence-electron chi connectivity index (χ1n) is 8.47. The first-order valence-corrected chi connectivity index (χ1v) is 9.29. The standard InChI is InChI=1S/C17H15N9OS/c1-24-13-11(14-15(24)23-12(28-14)8-25-5-4-19-9-25)6-21-26(16(13)27)7-10-2-3-20-17(18)22-10/h2-6,9H,7-8H2,1H3,(H2,18,20,22). The molecular weight excluding hydrogens is 378 g/mol. The minimum atomic E-state index is -0.196. The molecule has 0 spiro atoms. The minimum Gasteiger partial charge on any atom is -0.368 e. The van der Waals surface area contributed by atoms with E-state index in [9.17, 15) is 4.79 Å². The fourth-order valence-corrected chi connectivity index (χ4v) is 4.32. The zero-order chi connectivity index (χ0) is 19.3. The van der Waals surface area contributed by atoms with Crippen LogP contribution in [0.25, 0.3) is 21.3 Å². The van der Waals surface area contributed by atoms with Crippen molar-refractivity contribution >= 4 is 38.5 Å². The molecule has 5 aromatic heterocycles. The Morgan fingerprint density at radius 1 is 1.21 bits per heavy atom. The van der Waals surface area contributed by atoms with Crippen LogP contribution in [-0.4, -0.2) is 38.9 Å². The molecule has 10 nitrogen and oxygen atoms in total. The predicted molar refractivity (Wildman–Crippen MR) is 105 cm³/mol. The van der Waals surface area contributed by atoms with E-state index in [4.69, 9.17) is 10.7 Å². The molecule has 0 atom stereocenters. The van der Waals surface area contributed by atoms with Crippen molar-refractivity contribution in [1.82, 2.24) is 38.9 Å². The van der Waals surface area contributed by atoms with Gasteiger partial charge in [0.05, 0.1) is 36.0 Å². The third-order valence-electron chi connectivity index (χ3n) is 4.49. The number of rotatable bonds is 4. The number of nitrogens with zero attached hydrogens (tertiary/aromatic N) is 8. The van der Waals surface area contributed by atoms with Crippen molar-refractivity contribution in [2.45, 2.75) is 13.1 Å². The second-order valence-corrected chi connectivity index (χ2v) is 7.41. The van der Waals surface area contributed by atoms with E-state index in [-0.39, 0.29) is 18.1 Å². The van der Waals surface area contributed by atoms with Crippen LogP contribution in [0.15, 0.2) is 42.0 Å². The number of aryl methyl sites for hydroxylation is 1. The molecule has 0 fully saturated rings. The van der Waals surface area contributed by atoms with E-state index < -0.39 is 0 Å². The van der Waals surface area contributed by atoms with Crippen molar-refractivity contribution in [3.63, 3.8) is 0 Å². The summed E-state index contributed by atoms with van der Waals surface area (Å²) in [5.74, 6) is 0.167. The van der Waals surface area contributed by atoms with Crippen molar-refractivity contribution in [3.8, 4) is 0 Å². The van der Waals surface area contributed by atoms with Crippen molar-refractivity contribution in [2.24, 2.45) is 7.05 Å². The summed E-state index contributed by atoms with van der Waals surface area (Å²) in [5.41, 5.74) is 7.39. The average molecular weight is 393 g/mol. The number of nitrogens with two attached hydrogens (primary N) is 1. The van der Waals surface area contributed by atoms with Gasteiger partial charge in [0, 0.05) is 31.0 Å². The van der Waals surface area contributed by atoms with Crippen LogP contribution in [0.5, 0.6) is 0 Å². The molecule has 140 valence electrons. The Kier molecular flexibility index (Phi) is 3.69. The highest BCUT2D eigenvalue weighted by Gasteiger charge is 2.18. The van der Waals surface area contributed by atoms with Gasteiger partial charge in [0.2, 0.25) is 5.95 Å². The minimum absolute atomic E-state index is 0.167. The van der Waals surface area contributed by atoms with Crippen LogP contribution in [0, 0.1) is 0 Å². The molecule has 5 aromatic rings. The summed E-state index contributed by atoms with van der Waals surface area (Å²) in [6.07, 6.45) is 8.66. The van der Waals surface area contributed by atoms with Gasteiger partial charge in [0.25, 0.3) is 5.56 Å². The van der Waals surface area contributed by atoms with E-state index in [0.29, 0.717) is 17.8 Å². The maximum Gasteiger partial charge on any atom is 0.291 e. The summed E-state index contributed by atoms with van der Waals surface area (Å²) in [6, 6.07) is 1.71. The molecule has 0 aliphatic rings. The Labute approximate surface area is 161 Å². The molecule has 0 radical (unpaired) electrons. The number of hydrogen-bond acceptors (Lipinski definition) is 8. The number of imidazole rings is 1. The van der Waals surface area contributed by atoms with Gasteiger partial charge < -0.3 is 14.9 Å². The molecule has 0 unspecified atom stereocenters. The number of anilines is 1. The van der Waals surface area contributed by atoms with Gasteiger partial charge in [0.1, 0.15) is 10.5 Å². The topological polar surface area (TPSA) is 122 Å². The molecule has 0 amide bonds. The molecule has 0 aromatic carbocycles. The van der Waals surface area contributed by atoms with Crippen LogP contribution in [0.2, 0.25) is 0 Å². The molecule has 5 heterocycles. The zero-order valence-corrected chi connectivity index (χ0v) is 15.7. The first kappa shape index (κ1) is 16.6. The summed E-state index contributed by atoms with van der Waals surface area (Å²) >= 11 is 1.56. The Morgan fingerprint density at radius 2 is 2.11 bits per heavy atom. The van der Waals surface area contributed by atoms with Crippen LogP contribution in [-0.2, 0) is 20.1 Å². The van der Waals surface area contributed by atoms with Gasteiger partial charge >= 0.3 is 0 Å². The number of aromatic nitrogens is 8. The van der Waals surface area contributed by atoms with Crippen LogP contribution in [0.4, 0.5) is 5.95 Å². The smallest absolute Gasteiger partial charge is 0.291 e. The quantitative estimate of drug-likeness (QED) is 0.483. The van der Waals surface area contributed by atoms with E-state index >= 15 is 0 Å². The maximum absolute atomic E-state index is 13.0. The van der Waals surface area contributed by atoms with Gasteiger partial charge in [-0.25, -0.2) is 24.6 Å². The maximum atomic E-state index is 13.0. The molecule has 5 rings (SSSR count). The van der Waals surface area contributed by atoms with Gasteiger partial charge in [-0.05, 0) is 6.07 Å². The van der Waals surface area contributed by atoms with Gasteiger partial charge in [0.15, 0.2) is 5.65 Å². The Bertz CT molecular complexity index is 1360. The lowest BCUT2D eigenvalue weighted by Gasteiger charge is -2.05. The summed E-state index contributed by atoms with van der Waals surface area (Å²) in [4.78, 5) is 29.8. The molecule has 0 saturated heterocycles. The lowest BCUT2D eigenvalue weighted by molar-refractivity contribution is 0.632. The van der Waals surface area contributed by atoms with Crippen molar-refractivity contribution in [2.75, 3.05) is 5.73 Å². The molecule has 0 bridgehead atoms. The summed E-state index contributed by atoms with van der Waals surface area (Å²) in [7, 11) is 1.85. The average Bonchev–Trinajstić information content (AvgIpc) is 3.37. The lowest BCUT2D eigenvalue weighted by Crippen LogP contribution is -2.25. The van der Waals surface area contributed by atoms with Gasteiger partial charge in [-0.3, -0.25) is 4.79 Å². The monoisotopic (exact) mass is 393 g/mol. The van der Waals surface area contributed by atoms with Crippen molar-refractivity contribution < 1.29 is 0 Å². The second kappa shape index (κ2) is 6.23. The molecule has 11 heteroatoms. The fourth-order valence-electron chi connectivity index (χ4n) is 3.20. The van der Waals surface area contributed by atoms with Crippen LogP contribution in [0.3, 0.4) is 0 Å². The fraction of sp³-hybridized carbons (Fsp3) is 0.176. The van der Waals surface area contributed by atoms with E-state index in [1.54, 1.807) is 42.3 Å². The van der Waals surface area contributed by atoms with E-state index in [1.165, 1.54) is 4.68 Å². The largest absolute Gasteiger partial charge is 0.368 e. The molecular formula is C17H15N9OS. The number of hydrogen-bond donors (Lipinski definition) is 1. The van der Waals surface area contributed by atoms with Crippen molar-refractivity contribution in [1.29, 1.82) is 0 Å². The summed E-state index contributed by atoms with van der Waals surface area (Å²) < 4.78 is 6.11. The van der Waals surface area contributed by atoms with Gasteiger partial charge in [-0.2, -0.15) is 5.10 Å². The van der Waals surface area contributed by atoms with Crippen molar-refractivity contribution in [3.05, 3.63) is 58.2 Å². The predicted octanol–water partition coefficient (Wildman–Crippen LogP) is 1.01. The molecule has 2 N–H and O–H groups in total. The van der Waals surface area contributed by atoms with Crippen LogP contribution >= 0.6 is 11.3 Å². The third kappa shape index (κ3) is 2.63. The Hall–Kier alpha value is -3.60. The van der Waals surface area contributed by atoms with E-state index in [1.807, 2.05) is 22.4 Å². The first-order chi connectivity index (χ1) is 13.6. The third-order valence-corrected chi connectivity index (χ3v) is 5.55. The molecule has 0 aliphatic carbocycles. The summed E-state index contributed by atoms with van der Waals surface area (Å²) in [5, 5.41) is 6.08. The Balaban J connectivity index is 1.59. The number of thiazole rings is 1. The molecule has 28 heavy (non-hydrogen) atoms. The lowest BCUT2D eigenvalue weighted by atomic mass is 10.3. The molecule has 0 aliphatic heterocycles. The van der Waals surface area contributed by atoms with Crippen LogP contribution in [0.1, 0.15) is 10.7 Å². The number of nitrogen functional groups attached to an aromatic ring is 1. The van der Waals surface area contributed by atoms with Crippen LogP contribution < -0.4 is 11.3 Å². The highest BCUT2D eigenvalue weighted by Crippen LogP contribution is 2.31. The SMILES string of the molecule is Cn1c2nc(Cn3ccnc3)sc2c2cnn(Cc3ccnc(N)n3)c(=O)c21. The highest BCUT2D eigenvalue weighted by atomic mass is 32.1. The normalized spacial score (nSPS) is 11.6. The highest BCUT2D eigenvalue weighted by molar-refractivity contribution is 7.19. The molecule has 0 saturated carbocycles. The van der Waals surface area contributed by atoms with Gasteiger partial charge in [-0.15, -0.1) is 11.3 Å². The zero-order valence-electron chi connectivity index (χ0n) is 14.8. The second-order valence-electron chi connectivity index (χ2n) is 6.33. The summed E-state index contributed by atoms with van der Waals surface area (Å²) in [6.45, 7) is 0.861. The Morgan fingerprint density at radius 3 is 2.89 bits per heavy atom.